The van der Waals surface area contributed by atoms with Crippen LogP contribution in [-0.2, 0) is 23.0 Å². The van der Waals surface area contributed by atoms with E-state index in [9.17, 15) is 31.9 Å². The molecule has 3 aromatic rings. The van der Waals surface area contributed by atoms with E-state index in [-0.39, 0.29) is 18.4 Å². The van der Waals surface area contributed by atoms with E-state index in [4.69, 9.17) is 0 Å². The molecule has 9 heteroatoms. The number of aromatic nitrogens is 1. The Morgan fingerprint density at radius 1 is 1.09 bits per heavy atom. The minimum Gasteiger partial charge on any atom is -0.392 e. The maximum atomic E-state index is 13.9. The van der Waals surface area contributed by atoms with Crippen LogP contribution in [0.25, 0.3) is 11.1 Å². The molecule has 33 heavy (non-hydrogen) atoms. The third-order valence-corrected chi connectivity index (χ3v) is 5.88. The van der Waals surface area contributed by atoms with Crippen molar-refractivity contribution in [2.45, 2.75) is 37.2 Å². The fraction of sp³-hybridized carbons (Fsp3) is 0.250. The third-order valence-electron chi connectivity index (χ3n) is 5.88. The molecule has 0 aliphatic heterocycles. The lowest BCUT2D eigenvalue weighted by Crippen LogP contribution is -2.51. The molecule has 2 aromatic carbocycles. The number of halogens is 5. The first-order chi connectivity index (χ1) is 15.6. The minimum atomic E-state index is -4.64. The Morgan fingerprint density at radius 3 is 2.27 bits per heavy atom. The van der Waals surface area contributed by atoms with Gasteiger partial charge in [0.1, 0.15) is 17.7 Å². The van der Waals surface area contributed by atoms with Gasteiger partial charge in [-0.05, 0) is 59.9 Å². The van der Waals surface area contributed by atoms with E-state index < -0.39 is 41.8 Å². The molecule has 1 heterocycles. The Hall–Kier alpha value is -3.33. The second-order valence-electron chi connectivity index (χ2n) is 8.01. The summed E-state index contributed by atoms with van der Waals surface area (Å²) in [6.07, 6.45) is -4.79. The predicted molar refractivity (Wildman–Crippen MR) is 111 cm³/mol. The van der Waals surface area contributed by atoms with E-state index in [0.29, 0.717) is 22.4 Å². The lowest BCUT2D eigenvalue weighted by Gasteiger charge is -2.43. The average Bonchev–Trinajstić information content (AvgIpc) is 2.77. The largest absolute Gasteiger partial charge is 0.433 e. The Balaban J connectivity index is 1.62. The van der Waals surface area contributed by atoms with Crippen LogP contribution in [0, 0.1) is 5.82 Å². The first-order valence-electron chi connectivity index (χ1n) is 10.1. The van der Waals surface area contributed by atoms with Crippen LogP contribution in [0.3, 0.4) is 0 Å². The maximum absolute atomic E-state index is 13.9. The lowest BCUT2D eigenvalue weighted by atomic mass is 9.62. The first kappa shape index (κ1) is 22.8. The van der Waals surface area contributed by atoms with Gasteiger partial charge in [0.15, 0.2) is 0 Å². The van der Waals surface area contributed by atoms with E-state index in [1.165, 1.54) is 24.3 Å². The van der Waals surface area contributed by atoms with Gasteiger partial charge in [-0.2, -0.15) is 13.2 Å². The molecule has 4 rings (SSSR count). The number of nitrogens with zero attached hydrogens (tertiary/aromatic N) is 1. The molecule has 1 aliphatic carbocycles. The van der Waals surface area contributed by atoms with Crippen molar-refractivity contribution in [2.24, 2.45) is 0 Å². The van der Waals surface area contributed by atoms with Gasteiger partial charge in [0.2, 0.25) is 5.91 Å². The van der Waals surface area contributed by atoms with Gasteiger partial charge in [-0.15, -0.1) is 0 Å². The molecule has 4 nitrogen and oxygen atoms in total. The topological polar surface area (TPSA) is 62.2 Å². The monoisotopic (exact) mass is 462 g/mol. The summed E-state index contributed by atoms with van der Waals surface area (Å²) in [6, 6.07) is 12.4. The van der Waals surface area contributed by atoms with Gasteiger partial charge < -0.3 is 10.4 Å². The highest BCUT2D eigenvalue weighted by Gasteiger charge is 2.51. The molecule has 1 saturated carbocycles. The third kappa shape index (κ3) is 4.45. The Kier molecular flexibility index (Phi) is 5.92. The highest BCUT2D eigenvalue weighted by atomic mass is 19.4. The van der Waals surface area contributed by atoms with Gasteiger partial charge >= 0.3 is 6.18 Å². The summed E-state index contributed by atoms with van der Waals surface area (Å²) in [4.78, 5) is 16.5. The number of hydrogen-bond donors (Lipinski definition) is 2. The van der Waals surface area contributed by atoms with Crippen molar-refractivity contribution in [3.8, 4) is 11.1 Å². The zero-order chi connectivity index (χ0) is 23.8. The van der Waals surface area contributed by atoms with Gasteiger partial charge in [0.05, 0.1) is 12.0 Å². The minimum absolute atomic E-state index is 0.0247. The second-order valence-corrected chi connectivity index (χ2v) is 8.01. The number of benzene rings is 2. The number of carbonyl (C=O) groups is 1. The summed E-state index contributed by atoms with van der Waals surface area (Å²) in [5, 5.41) is 12.2. The number of pyridine rings is 1. The van der Waals surface area contributed by atoms with Crippen molar-refractivity contribution in [1.29, 1.82) is 0 Å². The molecular formula is C24H19F5N2O2. The number of alkyl halides is 4. The summed E-state index contributed by atoms with van der Waals surface area (Å²) in [5.74, 6) is -0.881. The smallest absolute Gasteiger partial charge is 0.392 e. The Morgan fingerprint density at radius 2 is 1.73 bits per heavy atom. The molecule has 1 amide bonds. The number of carbonyl (C=O) groups excluding carboxylic acids is 1. The van der Waals surface area contributed by atoms with Gasteiger partial charge in [-0.1, -0.05) is 24.3 Å². The molecule has 172 valence electrons. The molecule has 1 aliphatic rings. The molecule has 0 unspecified atom stereocenters. The van der Waals surface area contributed by atoms with Gasteiger partial charge in [-0.3, -0.25) is 9.78 Å². The van der Waals surface area contributed by atoms with Crippen molar-refractivity contribution in [1.82, 2.24) is 4.98 Å². The maximum Gasteiger partial charge on any atom is 0.433 e. The molecule has 0 radical (unpaired) electrons. The molecule has 0 spiro atoms. The number of nitrogens with one attached hydrogen (secondary N) is 1. The van der Waals surface area contributed by atoms with Crippen LogP contribution in [0.4, 0.5) is 27.6 Å². The molecule has 0 saturated heterocycles. The van der Waals surface area contributed by atoms with Gasteiger partial charge in [-0.25, -0.2) is 8.78 Å². The highest BCUT2D eigenvalue weighted by molar-refractivity contribution is 6.00. The van der Waals surface area contributed by atoms with Crippen LogP contribution < -0.4 is 5.32 Å². The quantitative estimate of drug-likeness (QED) is 0.499. The lowest BCUT2D eigenvalue weighted by molar-refractivity contribution is -0.141. The number of aliphatic hydroxyl groups excluding tert-OH is 1. The Bertz CT molecular complexity index is 1150. The Labute approximate surface area is 186 Å². The van der Waals surface area contributed by atoms with Crippen LogP contribution in [0.15, 0.2) is 60.8 Å². The summed E-state index contributed by atoms with van der Waals surface area (Å²) in [7, 11) is 0. The summed E-state index contributed by atoms with van der Waals surface area (Å²) in [5.41, 5.74) is -0.431. The molecule has 1 fully saturated rings. The molecule has 0 bridgehead atoms. The first-order valence-corrected chi connectivity index (χ1v) is 10.1. The van der Waals surface area contributed by atoms with Gasteiger partial charge in [0.25, 0.3) is 0 Å². The van der Waals surface area contributed by atoms with Crippen LogP contribution in [-0.4, -0.2) is 22.2 Å². The van der Waals surface area contributed by atoms with Crippen LogP contribution in [0.5, 0.6) is 0 Å². The van der Waals surface area contributed by atoms with E-state index in [2.05, 4.69) is 10.3 Å². The van der Waals surface area contributed by atoms with Crippen molar-refractivity contribution in [2.75, 3.05) is 5.32 Å². The van der Waals surface area contributed by atoms with Crippen LogP contribution in [0.2, 0.25) is 0 Å². The summed E-state index contributed by atoms with van der Waals surface area (Å²) >= 11 is 0. The number of amides is 1. The number of rotatable bonds is 5. The fourth-order valence-corrected chi connectivity index (χ4v) is 4.04. The number of hydrogen-bond acceptors (Lipinski definition) is 3. The summed E-state index contributed by atoms with van der Waals surface area (Å²) < 4.78 is 65.8. The van der Waals surface area contributed by atoms with Crippen molar-refractivity contribution in [3.63, 3.8) is 0 Å². The molecule has 0 atom stereocenters. The van der Waals surface area contributed by atoms with Crippen molar-refractivity contribution in [3.05, 3.63) is 83.4 Å². The van der Waals surface area contributed by atoms with Crippen molar-refractivity contribution < 1.29 is 31.9 Å². The molecule has 1 aromatic heterocycles. The van der Waals surface area contributed by atoms with Crippen LogP contribution in [0.1, 0.15) is 29.7 Å². The molecule has 2 N–H and O–H groups in total. The second kappa shape index (κ2) is 8.55. The van der Waals surface area contributed by atoms with Gasteiger partial charge in [0, 0.05) is 17.4 Å². The predicted octanol–water partition coefficient (Wildman–Crippen LogP) is 5.41. The van der Waals surface area contributed by atoms with E-state index >= 15 is 0 Å². The fourth-order valence-electron chi connectivity index (χ4n) is 4.04. The van der Waals surface area contributed by atoms with E-state index in [1.54, 1.807) is 24.3 Å². The standard InChI is InChI=1S/C24H19F5N2O2/c25-17-5-7-19(8-6-17)31-22(33)23(10-18(26)11-23)16-3-1-14(2-4-16)20-12-30-21(24(27,28)29)9-15(20)13-32/h1-9,12,18,32H,10-11,13H2,(H,31,33). The van der Waals surface area contributed by atoms with E-state index in [0.717, 1.165) is 12.3 Å². The number of aliphatic hydroxyl groups is 1. The SMILES string of the molecule is O=C(Nc1ccc(F)cc1)C1(c2ccc(-c3cnc(C(F)(F)F)cc3CO)cc2)CC(F)C1. The molecular weight excluding hydrogens is 443 g/mol. The average molecular weight is 462 g/mol. The van der Waals surface area contributed by atoms with Crippen molar-refractivity contribution >= 4 is 11.6 Å². The zero-order valence-corrected chi connectivity index (χ0v) is 17.2. The highest BCUT2D eigenvalue weighted by Crippen LogP contribution is 2.47. The van der Waals surface area contributed by atoms with Crippen LogP contribution >= 0.6 is 0 Å². The number of anilines is 1. The zero-order valence-electron chi connectivity index (χ0n) is 17.2. The summed E-state index contributed by atoms with van der Waals surface area (Å²) in [6.45, 7) is -0.615. The van der Waals surface area contributed by atoms with E-state index in [1.807, 2.05) is 0 Å². The normalized spacial score (nSPS) is 20.2.